The fourth-order valence-electron chi connectivity index (χ4n) is 1.94. The number of amides is 2. The van der Waals surface area contributed by atoms with Crippen molar-refractivity contribution in [1.82, 2.24) is 9.80 Å². The van der Waals surface area contributed by atoms with Crippen molar-refractivity contribution in [2.45, 2.75) is 32.7 Å². The first-order valence-electron chi connectivity index (χ1n) is 5.89. The molecule has 16 heavy (non-hydrogen) atoms. The van der Waals surface area contributed by atoms with Gasteiger partial charge in [0.1, 0.15) is 0 Å². The molecule has 1 aliphatic rings. The highest BCUT2D eigenvalue weighted by molar-refractivity contribution is 5.85. The van der Waals surface area contributed by atoms with Gasteiger partial charge in [0.2, 0.25) is 11.8 Å². The highest BCUT2D eigenvalue weighted by Crippen LogP contribution is 2.10. The second kappa shape index (κ2) is 5.84. The molecule has 0 radical (unpaired) electrons. The highest BCUT2D eigenvalue weighted by atomic mass is 16.2. The van der Waals surface area contributed by atoms with Crippen LogP contribution in [0.25, 0.3) is 0 Å². The van der Waals surface area contributed by atoms with Crippen LogP contribution in [0.1, 0.15) is 26.7 Å². The molecule has 0 aliphatic carbocycles. The van der Waals surface area contributed by atoms with Gasteiger partial charge in [-0.3, -0.25) is 9.59 Å². The summed E-state index contributed by atoms with van der Waals surface area (Å²) in [6.07, 6.45) is 1.20. The number of piperidine rings is 1. The molecule has 0 bridgehead atoms. The molecule has 5 heteroatoms. The fraction of sp³-hybridized carbons (Fsp3) is 0.818. The van der Waals surface area contributed by atoms with Crippen molar-refractivity contribution in [3.05, 3.63) is 0 Å². The first-order chi connectivity index (χ1) is 7.58. The molecule has 0 unspecified atom stereocenters. The van der Waals surface area contributed by atoms with Crippen molar-refractivity contribution < 1.29 is 9.59 Å². The average molecular weight is 227 g/mol. The predicted molar refractivity (Wildman–Crippen MR) is 61.7 cm³/mol. The maximum Gasteiger partial charge on any atom is 0.242 e. The Morgan fingerprint density at radius 3 is 2.69 bits per heavy atom. The molecular formula is C11H21N3O2. The van der Waals surface area contributed by atoms with Gasteiger partial charge >= 0.3 is 0 Å². The fourth-order valence-corrected chi connectivity index (χ4v) is 1.94. The topological polar surface area (TPSA) is 66.6 Å². The van der Waals surface area contributed by atoms with Crippen LogP contribution in [-0.2, 0) is 9.59 Å². The van der Waals surface area contributed by atoms with Crippen LogP contribution in [0.15, 0.2) is 0 Å². The lowest BCUT2D eigenvalue weighted by Crippen LogP contribution is -2.50. The number of likely N-dealkylation sites (tertiary alicyclic amines) is 1. The Labute approximate surface area is 96.6 Å². The van der Waals surface area contributed by atoms with Gasteiger partial charge in [-0.2, -0.15) is 0 Å². The van der Waals surface area contributed by atoms with Gasteiger partial charge in [0, 0.05) is 32.1 Å². The standard InChI is InChI=1S/C11H21N3O2/c1-3-13(4-2)11(16)8-14-7-9(12)5-6-10(14)15/h9H,3-8,12H2,1-2H3/t9-/m0/s1. The molecule has 1 saturated heterocycles. The van der Waals surface area contributed by atoms with Crippen LogP contribution in [0, 0.1) is 0 Å². The Balaban J connectivity index is 2.51. The van der Waals surface area contributed by atoms with E-state index in [2.05, 4.69) is 0 Å². The number of likely N-dealkylation sites (N-methyl/N-ethyl adjacent to an activating group) is 1. The SMILES string of the molecule is CCN(CC)C(=O)CN1C[C@@H](N)CCC1=O. The summed E-state index contributed by atoms with van der Waals surface area (Å²) >= 11 is 0. The smallest absolute Gasteiger partial charge is 0.242 e. The summed E-state index contributed by atoms with van der Waals surface area (Å²) in [6, 6.07) is 0.0159. The van der Waals surface area contributed by atoms with Gasteiger partial charge in [-0.25, -0.2) is 0 Å². The van der Waals surface area contributed by atoms with Gasteiger partial charge in [-0.15, -0.1) is 0 Å². The lowest BCUT2D eigenvalue weighted by molar-refractivity contribution is -0.142. The number of carbonyl (C=O) groups is 2. The third kappa shape index (κ3) is 3.20. The monoisotopic (exact) mass is 227 g/mol. The van der Waals surface area contributed by atoms with Crippen molar-refractivity contribution in [1.29, 1.82) is 0 Å². The maximum absolute atomic E-state index is 11.8. The van der Waals surface area contributed by atoms with E-state index < -0.39 is 0 Å². The Bertz CT molecular complexity index is 264. The van der Waals surface area contributed by atoms with Gasteiger partial charge in [-0.05, 0) is 20.3 Å². The largest absolute Gasteiger partial charge is 0.342 e. The zero-order valence-corrected chi connectivity index (χ0v) is 10.1. The summed E-state index contributed by atoms with van der Waals surface area (Å²) in [5.74, 6) is 0.0506. The predicted octanol–water partition coefficient (Wildman–Crippen LogP) is -0.195. The van der Waals surface area contributed by atoms with Crippen LogP contribution < -0.4 is 5.73 Å². The maximum atomic E-state index is 11.8. The summed E-state index contributed by atoms with van der Waals surface area (Å²) in [4.78, 5) is 26.7. The molecule has 1 heterocycles. The van der Waals surface area contributed by atoms with Crippen molar-refractivity contribution in [3.8, 4) is 0 Å². The van der Waals surface area contributed by atoms with Gasteiger partial charge in [0.05, 0.1) is 6.54 Å². The zero-order chi connectivity index (χ0) is 12.1. The third-order valence-electron chi connectivity index (χ3n) is 2.98. The lowest BCUT2D eigenvalue weighted by atomic mass is 10.1. The van der Waals surface area contributed by atoms with Crippen molar-refractivity contribution >= 4 is 11.8 Å². The van der Waals surface area contributed by atoms with Gasteiger partial charge in [0.25, 0.3) is 0 Å². The van der Waals surface area contributed by atoms with Crippen molar-refractivity contribution in [2.24, 2.45) is 5.73 Å². The van der Waals surface area contributed by atoms with Crippen LogP contribution in [0.5, 0.6) is 0 Å². The van der Waals surface area contributed by atoms with Crippen LogP contribution >= 0.6 is 0 Å². The first-order valence-corrected chi connectivity index (χ1v) is 5.89. The Kier molecular flexibility index (Phi) is 4.73. The minimum absolute atomic E-state index is 0.00690. The van der Waals surface area contributed by atoms with E-state index in [4.69, 9.17) is 5.73 Å². The van der Waals surface area contributed by atoms with Crippen LogP contribution in [0.3, 0.4) is 0 Å². The molecule has 1 atom stereocenters. The van der Waals surface area contributed by atoms with Crippen molar-refractivity contribution in [3.63, 3.8) is 0 Å². The number of hydrogen-bond acceptors (Lipinski definition) is 3. The quantitative estimate of drug-likeness (QED) is 0.723. The minimum Gasteiger partial charge on any atom is -0.342 e. The molecule has 1 fully saturated rings. The van der Waals surface area contributed by atoms with Gasteiger partial charge < -0.3 is 15.5 Å². The summed E-state index contributed by atoms with van der Waals surface area (Å²) in [6.45, 7) is 5.92. The first kappa shape index (κ1) is 13.0. The molecule has 2 N–H and O–H groups in total. The number of carbonyl (C=O) groups excluding carboxylic acids is 2. The average Bonchev–Trinajstić information content (AvgIpc) is 2.25. The van der Waals surface area contributed by atoms with Gasteiger partial charge in [0.15, 0.2) is 0 Å². The van der Waals surface area contributed by atoms with E-state index in [1.165, 1.54) is 0 Å². The molecule has 0 aromatic carbocycles. The Morgan fingerprint density at radius 1 is 1.50 bits per heavy atom. The number of rotatable bonds is 4. The second-order valence-electron chi connectivity index (χ2n) is 4.14. The minimum atomic E-state index is 0.00690. The molecule has 0 saturated carbocycles. The van der Waals surface area contributed by atoms with Crippen LogP contribution in [0.4, 0.5) is 0 Å². The van der Waals surface area contributed by atoms with Crippen molar-refractivity contribution in [2.75, 3.05) is 26.2 Å². The number of hydrogen-bond donors (Lipinski definition) is 1. The summed E-state index contributed by atoms with van der Waals surface area (Å²) < 4.78 is 0. The summed E-state index contributed by atoms with van der Waals surface area (Å²) in [5.41, 5.74) is 5.79. The molecule has 2 amide bonds. The van der Waals surface area contributed by atoms with Crippen LogP contribution in [0.2, 0.25) is 0 Å². The van der Waals surface area contributed by atoms with E-state index >= 15 is 0 Å². The molecule has 0 spiro atoms. The molecule has 5 nitrogen and oxygen atoms in total. The Morgan fingerprint density at radius 2 is 2.12 bits per heavy atom. The third-order valence-corrected chi connectivity index (χ3v) is 2.98. The van der Waals surface area contributed by atoms with E-state index in [0.29, 0.717) is 26.1 Å². The number of nitrogens with zero attached hydrogens (tertiary/aromatic N) is 2. The van der Waals surface area contributed by atoms with E-state index in [1.54, 1.807) is 9.80 Å². The molecular weight excluding hydrogens is 206 g/mol. The molecule has 0 aromatic heterocycles. The summed E-state index contributed by atoms with van der Waals surface area (Å²) in [7, 11) is 0. The molecule has 1 aliphatic heterocycles. The highest BCUT2D eigenvalue weighted by Gasteiger charge is 2.25. The number of nitrogens with two attached hydrogens (primary N) is 1. The van der Waals surface area contributed by atoms with Gasteiger partial charge in [-0.1, -0.05) is 0 Å². The molecule has 1 rings (SSSR count). The second-order valence-corrected chi connectivity index (χ2v) is 4.14. The molecule has 0 aromatic rings. The lowest BCUT2D eigenvalue weighted by Gasteiger charge is -2.31. The van der Waals surface area contributed by atoms with E-state index in [-0.39, 0.29) is 24.4 Å². The zero-order valence-electron chi connectivity index (χ0n) is 10.1. The normalized spacial score (nSPS) is 21.1. The van der Waals surface area contributed by atoms with E-state index in [1.807, 2.05) is 13.8 Å². The Hall–Kier alpha value is -1.10. The van der Waals surface area contributed by atoms with E-state index in [9.17, 15) is 9.59 Å². The van der Waals surface area contributed by atoms with E-state index in [0.717, 1.165) is 6.42 Å². The molecule has 92 valence electrons. The van der Waals surface area contributed by atoms with Crippen LogP contribution in [-0.4, -0.2) is 53.8 Å². The summed E-state index contributed by atoms with van der Waals surface area (Å²) in [5, 5.41) is 0.